The van der Waals surface area contributed by atoms with Gasteiger partial charge in [-0.25, -0.2) is 13.4 Å². The van der Waals surface area contributed by atoms with Gasteiger partial charge in [0, 0.05) is 13.1 Å². The van der Waals surface area contributed by atoms with E-state index in [9.17, 15) is 8.42 Å². The molecule has 0 aliphatic heterocycles. The summed E-state index contributed by atoms with van der Waals surface area (Å²) in [6.07, 6.45) is 0. The zero-order chi connectivity index (χ0) is 23.4. The first-order valence-electron chi connectivity index (χ1n) is 11.2. The van der Waals surface area contributed by atoms with E-state index in [-0.39, 0.29) is 10.9 Å². The van der Waals surface area contributed by atoms with Gasteiger partial charge in [-0.15, -0.1) is 0 Å². The number of rotatable bonds is 9. The van der Waals surface area contributed by atoms with Crippen molar-refractivity contribution in [2.75, 3.05) is 20.1 Å². The van der Waals surface area contributed by atoms with Crippen LogP contribution in [0.5, 0.6) is 0 Å². The summed E-state index contributed by atoms with van der Waals surface area (Å²) in [5, 5.41) is 0. The summed E-state index contributed by atoms with van der Waals surface area (Å²) < 4.78 is 27.3. The van der Waals surface area contributed by atoms with E-state index in [1.807, 2.05) is 26.0 Å². The van der Waals surface area contributed by atoms with Crippen LogP contribution in [-0.2, 0) is 16.6 Å². The van der Waals surface area contributed by atoms with Crippen molar-refractivity contribution in [1.82, 2.24) is 19.2 Å². The van der Waals surface area contributed by atoms with Gasteiger partial charge in [-0.1, -0.05) is 74.5 Å². The van der Waals surface area contributed by atoms with E-state index in [4.69, 9.17) is 4.98 Å². The largest absolute Gasteiger partial charge is 0.341 e. The maximum Gasteiger partial charge on any atom is 0.243 e. The van der Waals surface area contributed by atoms with Crippen LogP contribution >= 0.6 is 0 Å². The Hall–Kier alpha value is -3.00. The predicted octanol–water partition coefficient (Wildman–Crippen LogP) is 4.81. The van der Waals surface area contributed by atoms with E-state index in [1.54, 1.807) is 18.2 Å². The fourth-order valence-corrected chi connectivity index (χ4v) is 5.77. The lowest BCUT2D eigenvalue weighted by Crippen LogP contribution is -2.30. The maximum absolute atomic E-state index is 12.9. The Labute approximate surface area is 195 Å². The monoisotopic (exact) mass is 462 g/mol. The quantitative estimate of drug-likeness (QED) is 0.387. The van der Waals surface area contributed by atoms with Crippen LogP contribution in [0.25, 0.3) is 11.0 Å². The zero-order valence-corrected chi connectivity index (χ0v) is 20.1. The van der Waals surface area contributed by atoms with Crippen LogP contribution in [0.1, 0.15) is 36.8 Å². The van der Waals surface area contributed by atoms with E-state index in [0.717, 1.165) is 16.9 Å². The molecule has 6 nitrogen and oxygen atoms in total. The van der Waals surface area contributed by atoms with Crippen molar-refractivity contribution in [3.05, 3.63) is 95.8 Å². The molecular formula is C26H30N4O2S. The molecule has 0 amide bonds. The summed E-state index contributed by atoms with van der Waals surface area (Å²) in [4.78, 5) is 10.6. The summed E-state index contributed by atoms with van der Waals surface area (Å²) in [5.74, 6) is 0.793. The topological polar surface area (TPSA) is 69.3 Å². The molecule has 0 unspecified atom stereocenters. The molecule has 0 saturated heterocycles. The zero-order valence-electron chi connectivity index (χ0n) is 19.3. The maximum atomic E-state index is 12.9. The van der Waals surface area contributed by atoms with Crippen molar-refractivity contribution in [2.24, 2.45) is 0 Å². The van der Waals surface area contributed by atoms with Crippen LogP contribution in [0.15, 0.2) is 83.8 Å². The first-order chi connectivity index (χ1) is 15.9. The first kappa shape index (κ1) is 23.2. The standard InChI is InChI=1S/C26H30N4O2S/c1-4-30(5-2)33(31,32)22-16-17-23-24(18-22)28-25(27-23)19-29(3)26(20-12-8-6-9-13-20)21-14-10-7-11-15-21/h6-18,26H,4-5,19H2,1-3H3,(H,27,28). The Morgan fingerprint density at radius 3 is 2.00 bits per heavy atom. The molecule has 0 spiro atoms. The highest BCUT2D eigenvalue weighted by Crippen LogP contribution is 2.29. The molecule has 33 heavy (non-hydrogen) atoms. The van der Waals surface area contributed by atoms with Gasteiger partial charge < -0.3 is 4.98 Å². The summed E-state index contributed by atoms with van der Waals surface area (Å²) in [6, 6.07) is 26.0. The molecule has 0 saturated carbocycles. The van der Waals surface area contributed by atoms with Gasteiger partial charge >= 0.3 is 0 Å². The predicted molar refractivity (Wildman–Crippen MR) is 132 cm³/mol. The molecule has 0 atom stereocenters. The van der Waals surface area contributed by atoms with Crippen molar-refractivity contribution in [2.45, 2.75) is 31.3 Å². The van der Waals surface area contributed by atoms with Crippen molar-refractivity contribution in [3.63, 3.8) is 0 Å². The average Bonchev–Trinajstić information content (AvgIpc) is 3.22. The van der Waals surface area contributed by atoms with Crippen LogP contribution < -0.4 is 0 Å². The lowest BCUT2D eigenvalue weighted by Gasteiger charge is -2.28. The van der Waals surface area contributed by atoms with Crippen LogP contribution in [-0.4, -0.2) is 47.7 Å². The lowest BCUT2D eigenvalue weighted by atomic mass is 9.97. The highest BCUT2D eigenvalue weighted by molar-refractivity contribution is 7.89. The second kappa shape index (κ2) is 9.87. The molecule has 0 aliphatic carbocycles. The third kappa shape index (κ3) is 4.85. The Morgan fingerprint density at radius 2 is 1.45 bits per heavy atom. The summed E-state index contributed by atoms with van der Waals surface area (Å²) >= 11 is 0. The minimum atomic E-state index is -3.52. The van der Waals surface area contributed by atoms with Crippen LogP contribution in [0.4, 0.5) is 0 Å². The number of nitrogens with one attached hydrogen (secondary N) is 1. The number of fused-ring (bicyclic) bond motifs is 1. The van der Waals surface area contributed by atoms with Gasteiger partial charge in [0.05, 0.1) is 28.5 Å². The van der Waals surface area contributed by atoms with Crippen molar-refractivity contribution in [1.29, 1.82) is 0 Å². The van der Waals surface area contributed by atoms with E-state index in [0.29, 0.717) is 19.6 Å². The van der Waals surface area contributed by atoms with Gasteiger partial charge in [0.1, 0.15) is 5.82 Å². The Kier molecular flexibility index (Phi) is 6.93. The van der Waals surface area contributed by atoms with Gasteiger partial charge in [0.2, 0.25) is 10.0 Å². The molecule has 0 radical (unpaired) electrons. The highest BCUT2D eigenvalue weighted by atomic mass is 32.2. The molecule has 1 aromatic heterocycles. The molecule has 3 aromatic carbocycles. The molecule has 1 heterocycles. The van der Waals surface area contributed by atoms with Gasteiger partial charge in [-0.3, -0.25) is 4.90 Å². The minimum absolute atomic E-state index is 0.0687. The average molecular weight is 463 g/mol. The third-order valence-corrected chi connectivity index (χ3v) is 7.96. The van der Waals surface area contributed by atoms with Gasteiger partial charge in [-0.05, 0) is 36.4 Å². The van der Waals surface area contributed by atoms with Crippen molar-refractivity contribution >= 4 is 21.1 Å². The van der Waals surface area contributed by atoms with Crippen LogP contribution in [0, 0.1) is 0 Å². The first-order valence-corrected chi connectivity index (χ1v) is 12.7. The molecule has 0 aliphatic rings. The number of hydrogen-bond acceptors (Lipinski definition) is 4. The molecular weight excluding hydrogens is 432 g/mol. The molecule has 7 heteroatoms. The molecule has 4 rings (SSSR count). The number of aromatic nitrogens is 2. The molecule has 0 bridgehead atoms. The number of H-pyrrole nitrogens is 1. The van der Waals surface area contributed by atoms with Gasteiger partial charge in [0.15, 0.2) is 0 Å². The molecule has 4 aromatic rings. The molecule has 1 N–H and O–H groups in total. The lowest BCUT2D eigenvalue weighted by molar-refractivity contribution is 0.265. The summed E-state index contributed by atoms with van der Waals surface area (Å²) in [6.45, 7) is 5.16. The van der Waals surface area contributed by atoms with Crippen molar-refractivity contribution in [3.8, 4) is 0 Å². The Bertz CT molecular complexity index is 1260. The summed E-state index contributed by atoms with van der Waals surface area (Å²) in [7, 11) is -1.44. The van der Waals surface area contributed by atoms with E-state index >= 15 is 0 Å². The number of sulfonamides is 1. The van der Waals surface area contributed by atoms with Crippen LogP contribution in [0.2, 0.25) is 0 Å². The Balaban J connectivity index is 1.64. The smallest absolute Gasteiger partial charge is 0.243 e. The highest BCUT2D eigenvalue weighted by Gasteiger charge is 2.23. The SMILES string of the molecule is CCN(CC)S(=O)(=O)c1ccc2nc(CN(C)C(c3ccccc3)c3ccccc3)[nH]c2c1. The van der Waals surface area contributed by atoms with Gasteiger partial charge in [0.25, 0.3) is 0 Å². The number of benzene rings is 3. The van der Waals surface area contributed by atoms with E-state index in [2.05, 4.69) is 65.5 Å². The number of nitrogens with zero attached hydrogens (tertiary/aromatic N) is 3. The van der Waals surface area contributed by atoms with Crippen LogP contribution in [0.3, 0.4) is 0 Å². The fraction of sp³-hybridized carbons (Fsp3) is 0.269. The second-order valence-electron chi connectivity index (χ2n) is 8.09. The van der Waals surface area contributed by atoms with E-state index in [1.165, 1.54) is 15.4 Å². The number of hydrogen-bond donors (Lipinski definition) is 1. The molecule has 172 valence electrons. The summed E-state index contributed by atoms with van der Waals surface area (Å²) in [5.41, 5.74) is 3.89. The normalized spacial score (nSPS) is 12.3. The van der Waals surface area contributed by atoms with E-state index < -0.39 is 10.0 Å². The van der Waals surface area contributed by atoms with Crippen molar-refractivity contribution < 1.29 is 8.42 Å². The fourth-order valence-electron chi connectivity index (χ4n) is 4.29. The Morgan fingerprint density at radius 1 is 0.879 bits per heavy atom. The molecule has 0 fully saturated rings. The second-order valence-corrected chi connectivity index (χ2v) is 10.0. The minimum Gasteiger partial charge on any atom is -0.341 e. The third-order valence-electron chi connectivity index (χ3n) is 5.92. The number of aromatic amines is 1. The number of imidazole rings is 1. The van der Waals surface area contributed by atoms with Gasteiger partial charge in [-0.2, -0.15) is 4.31 Å².